The molecular formula is C14H18O4. The third-order valence-electron chi connectivity index (χ3n) is 4.17. The van der Waals surface area contributed by atoms with Gasteiger partial charge in [0.25, 0.3) is 0 Å². The maximum absolute atomic E-state index is 11.5. The number of esters is 1. The topological polar surface area (TPSA) is 63.6 Å². The van der Waals surface area contributed by atoms with Crippen LogP contribution in [0.25, 0.3) is 0 Å². The SMILES string of the molecule is CC1(OC(=O)C#CC2C(C(=O)O)C2(C)C)CCC1. The first-order chi connectivity index (χ1) is 8.26. The van der Waals surface area contributed by atoms with Crippen molar-refractivity contribution in [3.63, 3.8) is 0 Å². The Morgan fingerprint density at radius 3 is 2.28 bits per heavy atom. The van der Waals surface area contributed by atoms with E-state index < -0.39 is 17.9 Å². The van der Waals surface area contributed by atoms with Crippen molar-refractivity contribution in [3.05, 3.63) is 0 Å². The molecule has 0 aromatic carbocycles. The Bertz CT molecular complexity index is 448. The molecule has 0 saturated heterocycles. The molecule has 2 fully saturated rings. The van der Waals surface area contributed by atoms with E-state index in [-0.39, 0.29) is 16.9 Å². The summed E-state index contributed by atoms with van der Waals surface area (Å²) < 4.78 is 5.26. The molecule has 4 heteroatoms. The quantitative estimate of drug-likeness (QED) is 0.461. The third-order valence-corrected chi connectivity index (χ3v) is 4.17. The minimum Gasteiger partial charge on any atom is -0.481 e. The van der Waals surface area contributed by atoms with E-state index in [4.69, 9.17) is 9.84 Å². The molecule has 1 N–H and O–H groups in total. The van der Waals surface area contributed by atoms with Gasteiger partial charge in [-0.25, -0.2) is 4.79 Å². The van der Waals surface area contributed by atoms with E-state index in [0.29, 0.717) is 0 Å². The van der Waals surface area contributed by atoms with E-state index in [9.17, 15) is 9.59 Å². The molecule has 0 aliphatic heterocycles. The van der Waals surface area contributed by atoms with Crippen molar-refractivity contribution in [2.24, 2.45) is 17.3 Å². The number of carboxylic acid groups (broad SMARTS) is 1. The Labute approximate surface area is 107 Å². The van der Waals surface area contributed by atoms with Crippen molar-refractivity contribution < 1.29 is 19.4 Å². The fourth-order valence-electron chi connectivity index (χ4n) is 2.53. The van der Waals surface area contributed by atoms with Gasteiger partial charge in [-0.3, -0.25) is 4.79 Å². The first-order valence-corrected chi connectivity index (χ1v) is 6.24. The predicted octanol–water partition coefficient (Wildman–Crippen LogP) is 1.83. The van der Waals surface area contributed by atoms with Gasteiger partial charge in [0.05, 0.1) is 5.92 Å². The third kappa shape index (κ3) is 2.22. The number of carboxylic acids is 1. The van der Waals surface area contributed by atoms with Crippen molar-refractivity contribution >= 4 is 11.9 Å². The Morgan fingerprint density at radius 2 is 1.89 bits per heavy atom. The molecule has 0 aromatic heterocycles. The first kappa shape index (κ1) is 12.9. The van der Waals surface area contributed by atoms with E-state index in [1.165, 1.54) is 0 Å². The van der Waals surface area contributed by atoms with Crippen LogP contribution in [-0.4, -0.2) is 22.6 Å². The summed E-state index contributed by atoms with van der Waals surface area (Å²) in [6, 6.07) is 0. The first-order valence-electron chi connectivity index (χ1n) is 6.24. The standard InChI is InChI=1S/C14H18O4/c1-13(2)9(11(13)12(16)17)5-6-10(15)18-14(3)7-4-8-14/h9,11H,4,7-8H2,1-3H3,(H,16,17). The number of hydrogen-bond acceptors (Lipinski definition) is 3. The normalized spacial score (nSPS) is 30.4. The van der Waals surface area contributed by atoms with Crippen molar-refractivity contribution in [2.45, 2.75) is 45.6 Å². The highest BCUT2D eigenvalue weighted by Crippen LogP contribution is 2.57. The Balaban J connectivity index is 1.93. The molecule has 98 valence electrons. The van der Waals surface area contributed by atoms with E-state index in [2.05, 4.69) is 11.8 Å². The van der Waals surface area contributed by atoms with Crippen molar-refractivity contribution in [2.75, 3.05) is 0 Å². The van der Waals surface area contributed by atoms with Crippen LogP contribution in [0.5, 0.6) is 0 Å². The van der Waals surface area contributed by atoms with Gasteiger partial charge < -0.3 is 9.84 Å². The summed E-state index contributed by atoms with van der Waals surface area (Å²) in [6.45, 7) is 5.60. The zero-order chi connectivity index (χ0) is 13.6. The Kier molecular flexibility index (Phi) is 2.89. The molecule has 0 bridgehead atoms. The van der Waals surface area contributed by atoms with Gasteiger partial charge in [-0.05, 0) is 31.6 Å². The van der Waals surface area contributed by atoms with Gasteiger partial charge in [-0.2, -0.15) is 0 Å². The molecular weight excluding hydrogens is 232 g/mol. The summed E-state index contributed by atoms with van der Waals surface area (Å²) in [4.78, 5) is 22.5. The molecule has 2 unspecified atom stereocenters. The van der Waals surface area contributed by atoms with Crippen LogP contribution in [0.3, 0.4) is 0 Å². The zero-order valence-corrected chi connectivity index (χ0v) is 10.9. The van der Waals surface area contributed by atoms with E-state index >= 15 is 0 Å². The highest BCUT2D eigenvalue weighted by molar-refractivity contribution is 5.89. The summed E-state index contributed by atoms with van der Waals surface area (Å²) >= 11 is 0. The van der Waals surface area contributed by atoms with E-state index in [0.717, 1.165) is 19.3 Å². The Morgan fingerprint density at radius 1 is 1.28 bits per heavy atom. The molecule has 2 atom stereocenters. The summed E-state index contributed by atoms with van der Waals surface area (Å²) in [5.74, 6) is 3.06. The summed E-state index contributed by atoms with van der Waals surface area (Å²) in [6.07, 6.45) is 2.84. The lowest BCUT2D eigenvalue weighted by Gasteiger charge is -2.36. The summed E-state index contributed by atoms with van der Waals surface area (Å²) in [5, 5.41) is 8.97. The van der Waals surface area contributed by atoms with Crippen LogP contribution in [0.4, 0.5) is 0 Å². The molecule has 0 aromatic rings. The van der Waals surface area contributed by atoms with Gasteiger partial charge >= 0.3 is 11.9 Å². The average Bonchev–Trinajstić information content (AvgIpc) is 2.75. The molecule has 4 nitrogen and oxygen atoms in total. The summed E-state index contributed by atoms with van der Waals surface area (Å²) in [7, 11) is 0. The molecule has 0 spiro atoms. The second kappa shape index (κ2) is 4.01. The molecule has 0 heterocycles. The van der Waals surface area contributed by atoms with Crippen molar-refractivity contribution in [3.8, 4) is 11.8 Å². The molecule has 18 heavy (non-hydrogen) atoms. The van der Waals surface area contributed by atoms with Gasteiger partial charge in [0.2, 0.25) is 0 Å². The highest BCUT2D eigenvalue weighted by atomic mass is 16.6. The lowest BCUT2D eigenvalue weighted by molar-refractivity contribution is -0.158. The number of rotatable bonds is 2. The number of carbonyl (C=O) groups excluding carboxylic acids is 1. The molecule has 2 aliphatic carbocycles. The minimum absolute atomic E-state index is 0.253. The van der Waals surface area contributed by atoms with Crippen molar-refractivity contribution in [1.29, 1.82) is 0 Å². The Hall–Kier alpha value is -1.50. The largest absolute Gasteiger partial charge is 0.481 e. The van der Waals surface area contributed by atoms with Gasteiger partial charge in [-0.15, -0.1) is 0 Å². The van der Waals surface area contributed by atoms with Gasteiger partial charge in [0, 0.05) is 11.8 Å². The number of hydrogen-bond donors (Lipinski definition) is 1. The van der Waals surface area contributed by atoms with Crippen LogP contribution in [0.2, 0.25) is 0 Å². The second-order valence-corrected chi connectivity index (χ2v) is 6.08. The van der Waals surface area contributed by atoms with Crippen LogP contribution in [-0.2, 0) is 14.3 Å². The van der Waals surface area contributed by atoms with Crippen LogP contribution < -0.4 is 0 Å². The van der Waals surface area contributed by atoms with E-state index in [1.807, 2.05) is 20.8 Å². The van der Waals surface area contributed by atoms with Crippen molar-refractivity contribution in [1.82, 2.24) is 0 Å². The number of aliphatic carboxylic acids is 1. The summed E-state index contributed by atoms with van der Waals surface area (Å²) in [5.41, 5.74) is -0.698. The van der Waals surface area contributed by atoms with Crippen LogP contribution >= 0.6 is 0 Å². The predicted molar refractivity (Wildman–Crippen MR) is 64.5 cm³/mol. The molecule has 2 aliphatic rings. The van der Waals surface area contributed by atoms with Crippen LogP contribution in [0.1, 0.15) is 40.0 Å². The molecule has 0 radical (unpaired) electrons. The van der Waals surface area contributed by atoms with Crippen LogP contribution in [0.15, 0.2) is 0 Å². The lowest BCUT2D eigenvalue weighted by atomic mass is 9.82. The van der Waals surface area contributed by atoms with Gasteiger partial charge in [0.15, 0.2) is 0 Å². The highest BCUT2D eigenvalue weighted by Gasteiger charge is 2.61. The smallest absolute Gasteiger partial charge is 0.384 e. The average molecular weight is 250 g/mol. The fraction of sp³-hybridized carbons (Fsp3) is 0.714. The molecule has 2 saturated carbocycles. The fourth-order valence-corrected chi connectivity index (χ4v) is 2.53. The van der Waals surface area contributed by atoms with E-state index in [1.54, 1.807) is 0 Å². The maximum atomic E-state index is 11.5. The second-order valence-electron chi connectivity index (χ2n) is 6.08. The van der Waals surface area contributed by atoms with Gasteiger partial charge in [-0.1, -0.05) is 19.8 Å². The van der Waals surface area contributed by atoms with Gasteiger partial charge in [0.1, 0.15) is 5.60 Å². The number of carbonyl (C=O) groups is 2. The molecule has 2 rings (SSSR count). The monoisotopic (exact) mass is 250 g/mol. The molecule has 0 amide bonds. The maximum Gasteiger partial charge on any atom is 0.384 e. The number of ether oxygens (including phenoxy) is 1. The van der Waals surface area contributed by atoms with Crippen LogP contribution in [0, 0.1) is 29.1 Å². The lowest BCUT2D eigenvalue weighted by Crippen LogP contribution is -2.38. The minimum atomic E-state index is -0.848. The zero-order valence-electron chi connectivity index (χ0n) is 10.9.